The molecule has 16 heavy (non-hydrogen) atoms. The van der Waals surface area contributed by atoms with Crippen LogP contribution in [0.1, 0.15) is 0 Å². The van der Waals surface area contributed by atoms with E-state index >= 15 is 0 Å². The van der Waals surface area contributed by atoms with Gasteiger partial charge >= 0.3 is 0 Å². The summed E-state index contributed by atoms with van der Waals surface area (Å²) in [5, 5.41) is 35.0. The van der Waals surface area contributed by atoms with Gasteiger partial charge in [0.25, 0.3) is 0 Å². The van der Waals surface area contributed by atoms with Gasteiger partial charge in [-0.05, 0) is 6.07 Å². The van der Waals surface area contributed by atoms with Crippen molar-refractivity contribution in [1.29, 1.82) is 0 Å². The summed E-state index contributed by atoms with van der Waals surface area (Å²) in [6.07, 6.45) is 0.120. The first-order valence-corrected chi connectivity index (χ1v) is 4.67. The van der Waals surface area contributed by atoms with Crippen LogP contribution in [-0.4, -0.2) is 61.6 Å². The van der Waals surface area contributed by atoms with Crippen molar-refractivity contribution in [3.05, 3.63) is 24.8 Å². The summed E-state index contributed by atoms with van der Waals surface area (Å²) in [6.45, 7) is -0.407. The minimum Gasteiger partial charge on any atom is -0.394 e. The van der Waals surface area contributed by atoms with Crippen LogP contribution < -0.4 is 0 Å². The Morgan fingerprint density at radius 2 is 1.69 bits per heavy atom. The normalized spacial score (nSPS) is 33.0. The van der Waals surface area contributed by atoms with Gasteiger partial charge in [0.2, 0.25) is 0 Å². The molecule has 2 heterocycles. The lowest BCUT2D eigenvalue weighted by Crippen LogP contribution is -2.33. The summed E-state index contributed by atoms with van der Waals surface area (Å²) in [6, 6.07) is 1.78. The van der Waals surface area contributed by atoms with Gasteiger partial charge < -0.3 is 25.2 Å². The molecule has 1 unspecified atom stereocenters. The number of hydrogen-bond acceptors (Lipinski definition) is 7. The first-order chi connectivity index (χ1) is 7.66. The molecule has 0 radical (unpaired) electrons. The summed E-state index contributed by atoms with van der Waals surface area (Å²) in [7, 11) is 0. The molecule has 1 saturated heterocycles. The molecule has 0 aromatic carbocycles. The molecule has 7 nitrogen and oxygen atoms in total. The fourth-order valence-electron chi connectivity index (χ4n) is 1.13. The maximum Gasteiger partial charge on any atom is 0.184 e. The van der Waals surface area contributed by atoms with Crippen molar-refractivity contribution in [2.75, 3.05) is 6.61 Å². The molecule has 4 atom stereocenters. The standard InChI is InChI=1S/C5H10O5.C4H4N2/c6-1-2-3(7)4(8)5(9)10-2;1-2-5-4-6-3-1/h2-9H,1H2;1-4H/t2-,3+,4-,5?;/m1./s1. The molecule has 1 fully saturated rings. The van der Waals surface area contributed by atoms with Gasteiger partial charge in [-0.25, -0.2) is 9.97 Å². The van der Waals surface area contributed by atoms with Crippen LogP contribution in [0.5, 0.6) is 0 Å². The van der Waals surface area contributed by atoms with Crippen LogP contribution in [-0.2, 0) is 4.74 Å². The largest absolute Gasteiger partial charge is 0.394 e. The number of aliphatic hydroxyl groups excluding tert-OH is 4. The van der Waals surface area contributed by atoms with Crippen LogP contribution in [0, 0.1) is 0 Å². The van der Waals surface area contributed by atoms with Crippen molar-refractivity contribution < 1.29 is 25.2 Å². The zero-order valence-electron chi connectivity index (χ0n) is 8.42. The van der Waals surface area contributed by atoms with Crippen LogP contribution >= 0.6 is 0 Å². The van der Waals surface area contributed by atoms with E-state index in [0.29, 0.717) is 0 Å². The number of nitrogens with zero attached hydrogens (tertiary/aromatic N) is 2. The number of aromatic nitrogens is 2. The molecule has 0 spiro atoms. The van der Waals surface area contributed by atoms with Crippen LogP contribution in [0.25, 0.3) is 0 Å². The molecule has 1 aromatic heterocycles. The predicted octanol–water partition coefficient (Wildman–Crippen LogP) is -2.11. The molecule has 0 aliphatic carbocycles. The summed E-state index contributed by atoms with van der Waals surface area (Å²) in [4.78, 5) is 7.35. The summed E-state index contributed by atoms with van der Waals surface area (Å²) in [5.74, 6) is 0. The lowest BCUT2D eigenvalue weighted by atomic mass is 10.1. The second kappa shape index (κ2) is 6.46. The molecule has 90 valence electrons. The Morgan fingerprint density at radius 1 is 1.06 bits per heavy atom. The van der Waals surface area contributed by atoms with Crippen molar-refractivity contribution in [2.24, 2.45) is 0 Å². The molecule has 1 aliphatic heterocycles. The summed E-state index contributed by atoms with van der Waals surface area (Å²) in [5.41, 5.74) is 0. The zero-order valence-corrected chi connectivity index (χ0v) is 8.42. The minimum atomic E-state index is -1.38. The van der Waals surface area contributed by atoms with E-state index in [1.54, 1.807) is 18.5 Å². The van der Waals surface area contributed by atoms with Crippen molar-refractivity contribution in [3.63, 3.8) is 0 Å². The molecule has 0 saturated carbocycles. The second-order valence-corrected chi connectivity index (χ2v) is 3.13. The average Bonchev–Trinajstić information content (AvgIpc) is 2.59. The monoisotopic (exact) mass is 230 g/mol. The van der Waals surface area contributed by atoms with Crippen molar-refractivity contribution in [3.8, 4) is 0 Å². The van der Waals surface area contributed by atoms with Crippen LogP contribution in [0.3, 0.4) is 0 Å². The van der Waals surface area contributed by atoms with E-state index in [0.717, 1.165) is 0 Å². The maximum atomic E-state index is 8.93. The van der Waals surface area contributed by atoms with E-state index in [9.17, 15) is 0 Å². The Balaban J connectivity index is 0.000000181. The molecule has 2 rings (SSSR count). The summed E-state index contributed by atoms with van der Waals surface area (Å²) >= 11 is 0. The van der Waals surface area contributed by atoms with E-state index in [1.807, 2.05) is 0 Å². The molecule has 1 aliphatic rings. The highest BCUT2D eigenvalue weighted by Gasteiger charge is 2.41. The lowest BCUT2D eigenvalue weighted by molar-refractivity contribution is -0.132. The Kier molecular flexibility index (Phi) is 5.23. The van der Waals surface area contributed by atoms with E-state index in [2.05, 4.69) is 14.7 Å². The molecule has 7 heteroatoms. The third-order valence-electron chi connectivity index (χ3n) is 1.99. The van der Waals surface area contributed by atoms with Crippen molar-refractivity contribution >= 4 is 0 Å². The second-order valence-electron chi connectivity index (χ2n) is 3.13. The number of rotatable bonds is 1. The Bertz CT molecular complexity index is 260. The molecular formula is C9H14N2O5. The van der Waals surface area contributed by atoms with Crippen LogP contribution in [0.2, 0.25) is 0 Å². The maximum absolute atomic E-state index is 8.93. The molecular weight excluding hydrogens is 216 g/mol. The van der Waals surface area contributed by atoms with E-state index in [4.69, 9.17) is 20.4 Å². The Labute approximate surface area is 92.0 Å². The van der Waals surface area contributed by atoms with E-state index < -0.39 is 31.2 Å². The highest BCUT2D eigenvalue weighted by atomic mass is 16.6. The zero-order chi connectivity index (χ0) is 12.0. The van der Waals surface area contributed by atoms with Gasteiger partial charge in [0, 0.05) is 12.4 Å². The first kappa shape index (κ1) is 12.9. The summed E-state index contributed by atoms with van der Waals surface area (Å²) < 4.78 is 4.54. The van der Waals surface area contributed by atoms with Gasteiger partial charge in [0.1, 0.15) is 24.6 Å². The fourth-order valence-corrected chi connectivity index (χ4v) is 1.13. The van der Waals surface area contributed by atoms with Crippen molar-refractivity contribution in [2.45, 2.75) is 24.6 Å². The molecule has 0 amide bonds. The number of ether oxygens (including phenoxy) is 1. The van der Waals surface area contributed by atoms with Crippen LogP contribution in [0.4, 0.5) is 0 Å². The Morgan fingerprint density at radius 3 is 1.88 bits per heavy atom. The topological polar surface area (TPSA) is 116 Å². The average molecular weight is 230 g/mol. The minimum absolute atomic E-state index is 0.407. The van der Waals surface area contributed by atoms with E-state index in [1.165, 1.54) is 6.33 Å². The van der Waals surface area contributed by atoms with Gasteiger partial charge in [-0.3, -0.25) is 0 Å². The third kappa shape index (κ3) is 3.47. The van der Waals surface area contributed by atoms with Gasteiger partial charge in [-0.15, -0.1) is 0 Å². The third-order valence-corrected chi connectivity index (χ3v) is 1.99. The number of aliphatic hydroxyl groups is 4. The van der Waals surface area contributed by atoms with Gasteiger partial charge in [0.05, 0.1) is 6.61 Å². The first-order valence-electron chi connectivity index (χ1n) is 4.67. The number of hydrogen-bond donors (Lipinski definition) is 4. The molecule has 1 aromatic rings. The fraction of sp³-hybridized carbons (Fsp3) is 0.556. The lowest BCUT2D eigenvalue weighted by Gasteiger charge is -2.09. The van der Waals surface area contributed by atoms with Gasteiger partial charge in [-0.1, -0.05) is 0 Å². The smallest absolute Gasteiger partial charge is 0.184 e. The predicted molar refractivity (Wildman–Crippen MR) is 52.0 cm³/mol. The highest BCUT2D eigenvalue weighted by molar-refractivity contribution is 4.84. The molecule has 0 bridgehead atoms. The molecule has 4 N–H and O–H groups in total. The van der Waals surface area contributed by atoms with Gasteiger partial charge in [-0.2, -0.15) is 0 Å². The van der Waals surface area contributed by atoms with Gasteiger partial charge in [0.15, 0.2) is 6.29 Å². The SMILES string of the molecule is OC[C@H]1OC(O)[C@H](O)[C@H]1O.c1cncnc1. The van der Waals surface area contributed by atoms with Crippen molar-refractivity contribution in [1.82, 2.24) is 9.97 Å². The quantitative estimate of drug-likeness (QED) is 0.436. The van der Waals surface area contributed by atoms with Crippen LogP contribution in [0.15, 0.2) is 24.8 Å². The Hall–Kier alpha value is -1.12. The van der Waals surface area contributed by atoms with E-state index in [-0.39, 0.29) is 0 Å². The highest BCUT2D eigenvalue weighted by Crippen LogP contribution is 2.18.